The normalized spacial score (nSPS) is 16.4. The third-order valence-electron chi connectivity index (χ3n) is 4.96. The summed E-state index contributed by atoms with van der Waals surface area (Å²) in [7, 11) is 1.68. The van der Waals surface area contributed by atoms with E-state index < -0.39 is 0 Å². The van der Waals surface area contributed by atoms with E-state index in [2.05, 4.69) is 53.6 Å². The van der Waals surface area contributed by atoms with Gasteiger partial charge in [-0.1, -0.05) is 12.1 Å². The van der Waals surface area contributed by atoms with Crippen LogP contribution in [-0.4, -0.2) is 57.4 Å². The molecule has 1 aliphatic heterocycles. The fraction of sp³-hybridized carbons (Fsp3) is 0.500. The number of morpholine rings is 1. The van der Waals surface area contributed by atoms with Gasteiger partial charge in [-0.25, -0.2) is 4.99 Å². The van der Waals surface area contributed by atoms with Crippen LogP contribution >= 0.6 is 11.3 Å². The lowest BCUT2D eigenvalue weighted by molar-refractivity contribution is 0.0177. The Morgan fingerprint density at radius 2 is 1.93 bits per heavy atom. The smallest absolute Gasteiger partial charge is 0.191 e. The molecule has 2 heterocycles. The van der Waals surface area contributed by atoms with Crippen molar-refractivity contribution in [2.75, 3.05) is 46.5 Å². The first kappa shape index (κ1) is 21.6. The molecule has 1 atom stereocenters. The van der Waals surface area contributed by atoms with E-state index in [0.717, 1.165) is 56.7 Å². The van der Waals surface area contributed by atoms with Crippen molar-refractivity contribution in [2.45, 2.75) is 26.4 Å². The average molecular weight is 417 g/mol. The van der Waals surface area contributed by atoms with Crippen LogP contribution in [-0.2, 0) is 11.3 Å². The van der Waals surface area contributed by atoms with Crippen molar-refractivity contribution in [1.82, 2.24) is 15.5 Å². The number of hydrogen-bond donors (Lipinski definition) is 2. The summed E-state index contributed by atoms with van der Waals surface area (Å²) in [6, 6.07) is 12.8. The maximum absolute atomic E-state index is 5.56. The van der Waals surface area contributed by atoms with Crippen molar-refractivity contribution in [3.05, 3.63) is 51.7 Å². The second-order valence-electron chi connectivity index (χ2n) is 7.04. The summed E-state index contributed by atoms with van der Waals surface area (Å²) in [4.78, 5) is 10.0. The molecule has 0 saturated carbocycles. The number of guanidine groups is 1. The van der Waals surface area contributed by atoms with Gasteiger partial charge in [0.05, 0.1) is 32.9 Å². The topological polar surface area (TPSA) is 58.1 Å². The SMILES string of the molecule is CCNC(=NCc1ccc(OC)cc1)NCC(c1ccc(C)s1)N1CCOCC1. The number of thiophene rings is 1. The van der Waals surface area contributed by atoms with Crippen molar-refractivity contribution >= 4 is 17.3 Å². The van der Waals surface area contributed by atoms with Crippen LogP contribution in [0.25, 0.3) is 0 Å². The molecular weight excluding hydrogens is 384 g/mol. The lowest BCUT2D eigenvalue weighted by atomic mass is 10.2. The molecule has 1 aliphatic rings. The molecule has 0 bridgehead atoms. The van der Waals surface area contributed by atoms with Crippen LogP contribution in [0.5, 0.6) is 5.75 Å². The number of ether oxygens (including phenoxy) is 2. The van der Waals surface area contributed by atoms with Gasteiger partial charge >= 0.3 is 0 Å². The molecule has 1 aromatic heterocycles. The first-order valence-corrected chi connectivity index (χ1v) is 11.0. The zero-order chi connectivity index (χ0) is 20.5. The average Bonchev–Trinajstić information content (AvgIpc) is 3.19. The van der Waals surface area contributed by atoms with Crippen molar-refractivity contribution < 1.29 is 9.47 Å². The highest BCUT2D eigenvalue weighted by Gasteiger charge is 2.24. The molecule has 2 aromatic rings. The molecule has 0 amide bonds. The van der Waals surface area contributed by atoms with E-state index in [1.54, 1.807) is 7.11 Å². The van der Waals surface area contributed by atoms with Crippen LogP contribution < -0.4 is 15.4 Å². The summed E-state index contributed by atoms with van der Waals surface area (Å²) >= 11 is 1.87. The monoisotopic (exact) mass is 416 g/mol. The molecule has 1 saturated heterocycles. The fourth-order valence-corrected chi connectivity index (χ4v) is 4.38. The Kier molecular flexibility index (Phi) is 8.34. The lowest BCUT2D eigenvalue weighted by Crippen LogP contribution is -2.46. The third-order valence-corrected chi connectivity index (χ3v) is 6.06. The van der Waals surface area contributed by atoms with Gasteiger partial charge in [0, 0.05) is 35.9 Å². The first-order valence-electron chi connectivity index (χ1n) is 10.2. The van der Waals surface area contributed by atoms with Gasteiger partial charge in [0.25, 0.3) is 0 Å². The number of nitrogens with one attached hydrogen (secondary N) is 2. The number of nitrogens with zero attached hydrogens (tertiary/aromatic N) is 2. The molecule has 6 nitrogen and oxygen atoms in total. The number of rotatable bonds is 8. The standard InChI is InChI=1S/C22H32N4O2S/c1-4-23-22(24-15-18-6-8-19(27-3)9-7-18)25-16-20(21-10-5-17(2)29-21)26-11-13-28-14-12-26/h5-10,20H,4,11-16H2,1-3H3,(H2,23,24,25). The van der Waals surface area contributed by atoms with Crippen LogP contribution in [0.4, 0.5) is 0 Å². The minimum absolute atomic E-state index is 0.322. The Morgan fingerprint density at radius 3 is 2.55 bits per heavy atom. The zero-order valence-corrected chi connectivity index (χ0v) is 18.4. The van der Waals surface area contributed by atoms with E-state index in [0.29, 0.717) is 12.6 Å². The molecule has 1 aromatic carbocycles. The highest BCUT2D eigenvalue weighted by Crippen LogP contribution is 2.27. The predicted molar refractivity (Wildman–Crippen MR) is 120 cm³/mol. The number of hydrogen-bond acceptors (Lipinski definition) is 5. The Labute approximate surface area is 177 Å². The molecule has 29 heavy (non-hydrogen) atoms. The van der Waals surface area contributed by atoms with Crippen LogP contribution in [0.3, 0.4) is 0 Å². The molecule has 0 spiro atoms. The molecule has 7 heteroatoms. The summed E-state index contributed by atoms with van der Waals surface area (Å²) in [6.07, 6.45) is 0. The first-order chi connectivity index (χ1) is 14.2. The molecule has 2 N–H and O–H groups in total. The summed E-state index contributed by atoms with van der Waals surface area (Å²) in [5, 5.41) is 6.92. The summed E-state index contributed by atoms with van der Waals surface area (Å²) < 4.78 is 10.8. The summed E-state index contributed by atoms with van der Waals surface area (Å²) in [5.41, 5.74) is 1.15. The number of methoxy groups -OCH3 is 1. The quantitative estimate of drug-likeness (QED) is 0.511. The number of aliphatic imine (C=N–C) groups is 1. The number of benzene rings is 1. The van der Waals surface area contributed by atoms with Gasteiger partial charge in [-0.05, 0) is 43.7 Å². The Bertz CT molecular complexity index is 769. The minimum atomic E-state index is 0.322. The minimum Gasteiger partial charge on any atom is -0.497 e. The van der Waals surface area contributed by atoms with Gasteiger partial charge in [-0.2, -0.15) is 0 Å². The van der Waals surface area contributed by atoms with E-state index in [9.17, 15) is 0 Å². The molecule has 3 rings (SSSR count). The Morgan fingerprint density at radius 1 is 1.17 bits per heavy atom. The van der Waals surface area contributed by atoms with Crippen molar-refractivity contribution in [2.24, 2.45) is 4.99 Å². The maximum Gasteiger partial charge on any atom is 0.191 e. The molecular formula is C22H32N4O2S. The van der Waals surface area contributed by atoms with Gasteiger partial charge in [0.2, 0.25) is 0 Å². The molecule has 0 radical (unpaired) electrons. The Balaban J connectivity index is 1.66. The van der Waals surface area contributed by atoms with E-state index in [1.807, 2.05) is 23.5 Å². The predicted octanol–water partition coefficient (Wildman–Crippen LogP) is 3.19. The van der Waals surface area contributed by atoms with Gasteiger partial charge < -0.3 is 20.1 Å². The van der Waals surface area contributed by atoms with Gasteiger partial charge in [-0.3, -0.25) is 4.90 Å². The molecule has 0 aliphatic carbocycles. The lowest BCUT2D eigenvalue weighted by Gasteiger charge is -2.34. The fourth-order valence-electron chi connectivity index (χ4n) is 3.37. The highest BCUT2D eigenvalue weighted by molar-refractivity contribution is 7.12. The van der Waals surface area contributed by atoms with Crippen LogP contribution in [0.1, 0.15) is 28.3 Å². The highest BCUT2D eigenvalue weighted by atomic mass is 32.1. The summed E-state index contributed by atoms with van der Waals surface area (Å²) in [5.74, 6) is 1.71. The largest absolute Gasteiger partial charge is 0.497 e. The van der Waals surface area contributed by atoms with Crippen molar-refractivity contribution in [1.29, 1.82) is 0 Å². The van der Waals surface area contributed by atoms with E-state index in [-0.39, 0.29) is 0 Å². The second-order valence-corrected chi connectivity index (χ2v) is 8.36. The number of aryl methyl sites for hydroxylation is 1. The Hall–Kier alpha value is -2.09. The maximum atomic E-state index is 5.56. The van der Waals surface area contributed by atoms with Crippen LogP contribution in [0.2, 0.25) is 0 Å². The van der Waals surface area contributed by atoms with E-state index in [1.165, 1.54) is 9.75 Å². The second kappa shape index (κ2) is 11.2. The van der Waals surface area contributed by atoms with Crippen molar-refractivity contribution in [3.8, 4) is 5.75 Å². The van der Waals surface area contributed by atoms with E-state index in [4.69, 9.17) is 14.5 Å². The van der Waals surface area contributed by atoms with Crippen LogP contribution in [0, 0.1) is 6.92 Å². The zero-order valence-electron chi connectivity index (χ0n) is 17.6. The third kappa shape index (κ3) is 6.45. The van der Waals surface area contributed by atoms with Gasteiger partial charge in [0.15, 0.2) is 5.96 Å². The van der Waals surface area contributed by atoms with E-state index >= 15 is 0 Å². The van der Waals surface area contributed by atoms with Crippen molar-refractivity contribution in [3.63, 3.8) is 0 Å². The summed E-state index contributed by atoms with van der Waals surface area (Å²) in [6.45, 7) is 10.0. The van der Waals surface area contributed by atoms with Crippen LogP contribution in [0.15, 0.2) is 41.4 Å². The van der Waals surface area contributed by atoms with Gasteiger partial charge in [0.1, 0.15) is 5.75 Å². The molecule has 1 fully saturated rings. The van der Waals surface area contributed by atoms with Gasteiger partial charge in [-0.15, -0.1) is 11.3 Å². The molecule has 1 unspecified atom stereocenters. The molecule has 158 valence electrons.